The first-order valence-electron chi connectivity index (χ1n) is 7.19. The number of hydrogen-bond donors (Lipinski definition) is 1. The maximum absolute atomic E-state index is 11.8. The fraction of sp³-hybridized carbons (Fsp3) is 0.188. The first kappa shape index (κ1) is 17.0. The van der Waals surface area contributed by atoms with Gasteiger partial charge in [-0.3, -0.25) is 4.79 Å². The number of hydrogen-bond acceptors (Lipinski definition) is 5. The van der Waals surface area contributed by atoms with Crippen LogP contribution in [0.4, 0.5) is 22.7 Å². The van der Waals surface area contributed by atoms with Crippen molar-refractivity contribution < 1.29 is 4.79 Å². The first-order chi connectivity index (χ1) is 11.6. The van der Waals surface area contributed by atoms with Gasteiger partial charge in [0.1, 0.15) is 12.2 Å². The van der Waals surface area contributed by atoms with Gasteiger partial charge in [0, 0.05) is 24.7 Å². The van der Waals surface area contributed by atoms with E-state index >= 15 is 0 Å². The second-order valence-electron chi connectivity index (χ2n) is 5.07. The smallest absolute Gasteiger partial charge is 0.230 e. The van der Waals surface area contributed by atoms with Crippen LogP contribution in [0.15, 0.2) is 63.9 Å². The molecular formula is C16H17N7O. The van der Waals surface area contributed by atoms with E-state index in [1.807, 2.05) is 55.4 Å². The van der Waals surface area contributed by atoms with Gasteiger partial charge in [0.25, 0.3) is 0 Å². The number of rotatable bonds is 6. The molecule has 8 heteroatoms. The van der Waals surface area contributed by atoms with Gasteiger partial charge in [0.05, 0.1) is 11.4 Å². The molecule has 0 saturated carbocycles. The Labute approximate surface area is 139 Å². The monoisotopic (exact) mass is 323 g/mol. The summed E-state index contributed by atoms with van der Waals surface area (Å²) in [5.41, 5.74) is 10.9. The zero-order valence-corrected chi connectivity index (χ0v) is 13.4. The van der Waals surface area contributed by atoms with Crippen molar-refractivity contribution >= 4 is 28.7 Å². The Morgan fingerprint density at radius 3 is 2.58 bits per heavy atom. The number of nitrogens with one attached hydrogen (secondary N) is 1. The lowest BCUT2D eigenvalue weighted by molar-refractivity contribution is -0.114. The van der Waals surface area contributed by atoms with Crippen LogP contribution in [0.3, 0.4) is 0 Å². The summed E-state index contributed by atoms with van der Waals surface area (Å²) in [7, 11) is 3.79. The molecule has 1 amide bonds. The maximum Gasteiger partial charge on any atom is 0.230 e. The van der Waals surface area contributed by atoms with Gasteiger partial charge in [-0.1, -0.05) is 23.3 Å². The van der Waals surface area contributed by atoms with Gasteiger partial charge in [-0.15, -0.1) is 5.11 Å². The van der Waals surface area contributed by atoms with Crippen molar-refractivity contribution in [2.24, 2.45) is 15.3 Å². The van der Waals surface area contributed by atoms with Crippen molar-refractivity contribution in [3.8, 4) is 0 Å². The van der Waals surface area contributed by atoms with Crippen molar-refractivity contribution in [1.29, 1.82) is 0 Å². The maximum atomic E-state index is 11.8. The molecule has 0 atom stereocenters. The van der Waals surface area contributed by atoms with Crippen LogP contribution in [0, 0.1) is 0 Å². The van der Waals surface area contributed by atoms with Gasteiger partial charge in [0.15, 0.2) is 0 Å². The molecule has 0 fully saturated rings. The summed E-state index contributed by atoms with van der Waals surface area (Å²) in [5, 5.41) is 14.3. The summed E-state index contributed by atoms with van der Waals surface area (Å²) in [6.07, 6.45) is 0. The highest BCUT2D eigenvalue weighted by atomic mass is 16.1. The third-order valence-electron chi connectivity index (χ3n) is 3.08. The highest BCUT2D eigenvalue weighted by Crippen LogP contribution is 2.31. The molecule has 24 heavy (non-hydrogen) atoms. The molecule has 0 aliphatic carbocycles. The Morgan fingerprint density at radius 1 is 1.17 bits per heavy atom. The van der Waals surface area contributed by atoms with E-state index in [0.717, 1.165) is 5.69 Å². The molecule has 0 unspecified atom stereocenters. The fourth-order valence-corrected chi connectivity index (χ4v) is 1.88. The quantitative estimate of drug-likeness (QED) is 0.483. The van der Waals surface area contributed by atoms with Crippen molar-refractivity contribution in [2.45, 2.75) is 0 Å². The second kappa shape index (κ2) is 8.30. The van der Waals surface area contributed by atoms with E-state index in [-0.39, 0.29) is 6.54 Å². The van der Waals surface area contributed by atoms with E-state index in [4.69, 9.17) is 5.53 Å². The number of carbonyl (C=O) groups is 1. The Bertz CT molecular complexity index is 780. The van der Waals surface area contributed by atoms with E-state index in [0.29, 0.717) is 17.1 Å². The summed E-state index contributed by atoms with van der Waals surface area (Å²) in [4.78, 5) is 16.3. The molecule has 1 N–H and O–H groups in total. The van der Waals surface area contributed by atoms with E-state index in [1.165, 1.54) is 0 Å². The van der Waals surface area contributed by atoms with Gasteiger partial charge < -0.3 is 10.2 Å². The van der Waals surface area contributed by atoms with Gasteiger partial charge in [-0.2, -0.15) is 5.11 Å². The van der Waals surface area contributed by atoms with E-state index in [9.17, 15) is 4.79 Å². The largest absolute Gasteiger partial charge is 0.378 e. The summed E-state index contributed by atoms with van der Waals surface area (Å²) < 4.78 is 0. The highest BCUT2D eigenvalue weighted by molar-refractivity contribution is 5.95. The molecule has 0 aliphatic rings. The molecular weight excluding hydrogens is 306 g/mol. The molecule has 2 aromatic carbocycles. The first-order valence-corrected chi connectivity index (χ1v) is 7.19. The second-order valence-corrected chi connectivity index (χ2v) is 5.07. The van der Waals surface area contributed by atoms with Crippen LogP contribution >= 0.6 is 0 Å². The third kappa shape index (κ3) is 4.82. The number of amides is 1. The molecule has 0 aliphatic heterocycles. The lowest BCUT2D eigenvalue weighted by atomic mass is 10.2. The van der Waals surface area contributed by atoms with Gasteiger partial charge in [0.2, 0.25) is 5.91 Å². The topological polar surface area (TPSA) is 106 Å². The van der Waals surface area contributed by atoms with Crippen molar-refractivity contribution in [1.82, 2.24) is 0 Å². The van der Waals surface area contributed by atoms with Crippen LogP contribution < -0.4 is 10.2 Å². The third-order valence-corrected chi connectivity index (χ3v) is 3.08. The number of nitrogens with zero attached hydrogens (tertiary/aromatic N) is 6. The number of carbonyl (C=O) groups excluding carboxylic acids is 1. The average molecular weight is 323 g/mol. The molecule has 0 aromatic heterocycles. The molecule has 2 aromatic rings. The molecule has 0 radical (unpaired) electrons. The van der Waals surface area contributed by atoms with Gasteiger partial charge in [-0.05, 0) is 35.9 Å². The Morgan fingerprint density at radius 2 is 1.92 bits per heavy atom. The van der Waals surface area contributed by atoms with Crippen molar-refractivity contribution in [3.05, 3.63) is 59.0 Å². The van der Waals surface area contributed by atoms with Gasteiger partial charge >= 0.3 is 0 Å². The van der Waals surface area contributed by atoms with Crippen LogP contribution in [0.25, 0.3) is 10.4 Å². The molecule has 0 saturated heterocycles. The van der Waals surface area contributed by atoms with E-state index < -0.39 is 5.91 Å². The van der Waals surface area contributed by atoms with Crippen LogP contribution in [0.5, 0.6) is 0 Å². The Hall–Kier alpha value is -3.38. The molecule has 0 spiro atoms. The van der Waals surface area contributed by atoms with Crippen LogP contribution in [0.2, 0.25) is 0 Å². The summed E-state index contributed by atoms with van der Waals surface area (Å²) in [6.45, 7) is -0.280. The minimum atomic E-state index is -0.417. The van der Waals surface area contributed by atoms with Crippen LogP contribution in [0.1, 0.15) is 0 Å². The minimum absolute atomic E-state index is 0.280. The highest BCUT2D eigenvalue weighted by Gasteiger charge is 2.08. The van der Waals surface area contributed by atoms with E-state index in [2.05, 4.69) is 25.6 Å². The SMILES string of the molecule is CN(C)c1ccc(/N=N/c2ccccc2)c(NC(=O)CN=[N+]=[N-])c1. The van der Waals surface area contributed by atoms with Crippen molar-refractivity contribution in [2.75, 3.05) is 30.9 Å². The summed E-state index contributed by atoms with van der Waals surface area (Å²) >= 11 is 0. The predicted molar refractivity (Wildman–Crippen MR) is 94.0 cm³/mol. The average Bonchev–Trinajstić information content (AvgIpc) is 2.59. The van der Waals surface area contributed by atoms with E-state index in [1.54, 1.807) is 12.1 Å². The lowest BCUT2D eigenvalue weighted by Crippen LogP contribution is -2.15. The van der Waals surface area contributed by atoms with Gasteiger partial charge in [-0.25, -0.2) is 0 Å². The molecule has 122 valence electrons. The summed E-state index contributed by atoms with van der Waals surface area (Å²) in [5.74, 6) is -0.417. The normalized spacial score (nSPS) is 10.2. The Kier molecular flexibility index (Phi) is 5.88. The molecule has 0 bridgehead atoms. The van der Waals surface area contributed by atoms with Crippen molar-refractivity contribution in [3.63, 3.8) is 0 Å². The predicted octanol–water partition coefficient (Wildman–Crippen LogP) is 4.42. The summed E-state index contributed by atoms with van der Waals surface area (Å²) in [6, 6.07) is 14.7. The Balaban J connectivity index is 2.30. The standard InChI is InChI=1S/C16H17N7O/c1-23(2)13-8-9-14(21-20-12-6-4-3-5-7-12)15(10-13)19-16(24)11-18-22-17/h3-10H,11H2,1-2H3,(H,19,24)/b21-20+. The number of azide groups is 1. The zero-order valence-electron chi connectivity index (χ0n) is 13.4. The lowest BCUT2D eigenvalue weighted by Gasteiger charge is -2.15. The molecule has 8 nitrogen and oxygen atoms in total. The number of anilines is 2. The molecule has 0 heterocycles. The molecule has 2 rings (SSSR count). The number of benzene rings is 2. The number of azo groups is 1. The van der Waals surface area contributed by atoms with Crippen LogP contribution in [-0.4, -0.2) is 26.5 Å². The minimum Gasteiger partial charge on any atom is -0.378 e. The fourth-order valence-electron chi connectivity index (χ4n) is 1.88. The van der Waals surface area contributed by atoms with Crippen LogP contribution in [-0.2, 0) is 4.79 Å². The zero-order chi connectivity index (χ0) is 17.4.